The number of hydrogen-bond donors (Lipinski definition) is 2. The van der Waals surface area contributed by atoms with E-state index in [1.165, 1.54) is 25.7 Å². The van der Waals surface area contributed by atoms with Crippen molar-refractivity contribution in [1.29, 1.82) is 0 Å². The average molecular weight is 255 g/mol. The molecule has 1 saturated carbocycles. The Bertz CT molecular complexity index is 253. The molecule has 1 rings (SSSR count). The summed E-state index contributed by atoms with van der Waals surface area (Å²) >= 11 is 0. The van der Waals surface area contributed by atoms with Gasteiger partial charge in [-0.1, -0.05) is 27.2 Å². The standard InChI is InChI=1S/C15H29NO2/c1-11(2)14-7-6-12(3)9-13(14)5-4-8-16-10-15(17)18/h11-14,16H,4-10H2,1-3H3,(H,17,18). The number of hydrogen-bond acceptors (Lipinski definition) is 2. The van der Waals surface area contributed by atoms with Crippen LogP contribution in [0.25, 0.3) is 0 Å². The first-order chi connectivity index (χ1) is 8.50. The van der Waals surface area contributed by atoms with Crippen LogP contribution in [0.1, 0.15) is 52.9 Å². The first kappa shape index (κ1) is 15.5. The van der Waals surface area contributed by atoms with E-state index in [0.29, 0.717) is 0 Å². The molecule has 106 valence electrons. The Morgan fingerprint density at radius 1 is 1.39 bits per heavy atom. The number of carboxylic acids is 1. The highest BCUT2D eigenvalue weighted by Crippen LogP contribution is 2.40. The van der Waals surface area contributed by atoms with E-state index in [1.54, 1.807) is 0 Å². The van der Waals surface area contributed by atoms with Gasteiger partial charge in [-0.3, -0.25) is 4.79 Å². The van der Waals surface area contributed by atoms with Gasteiger partial charge in [0.05, 0.1) is 6.54 Å². The summed E-state index contributed by atoms with van der Waals surface area (Å²) in [6, 6.07) is 0. The second-order valence-electron chi connectivity index (χ2n) is 6.30. The maximum Gasteiger partial charge on any atom is 0.317 e. The maximum atomic E-state index is 10.4. The molecular weight excluding hydrogens is 226 g/mol. The minimum Gasteiger partial charge on any atom is -0.480 e. The van der Waals surface area contributed by atoms with Gasteiger partial charge in [0.25, 0.3) is 0 Å². The minimum absolute atomic E-state index is 0.0919. The van der Waals surface area contributed by atoms with Crippen LogP contribution in [-0.2, 0) is 4.79 Å². The van der Waals surface area contributed by atoms with Crippen LogP contribution in [0.15, 0.2) is 0 Å². The van der Waals surface area contributed by atoms with E-state index in [2.05, 4.69) is 26.1 Å². The lowest BCUT2D eigenvalue weighted by Crippen LogP contribution is -2.29. The van der Waals surface area contributed by atoms with Gasteiger partial charge < -0.3 is 10.4 Å². The summed E-state index contributed by atoms with van der Waals surface area (Å²) in [6.07, 6.45) is 6.48. The predicted molar refractivity (Wildman–Crippen MR) is 74.6 cm³/mol. The molecule has 2 N–H and O–H groups in total. The summed E-state index contributed by atoms with van der Waals surface area (Å²) in [5, 5.41) is 11.5. The van der Waals surface area contributed by atoms with Gasteiger partial charge in [0.1, 0.15) is 0 Å². The van der Waals surface area contributed by atoms with Gasteiger partial charge in [-0.05, 0) is 55.9 Å². The van der Waals surface area contributed by atoms with Crippen molar-refractivity contribution < 1.29 is 9.90 Å². The van der Waals surface area contributed by atoms with Crippen LogP contribution in [0.4, 0.5) is 0 Å². The van der Waals surface area contributed by atoms with Gasteiger partial charge >= 0.3 is 5.97 Å². The zero-order chi connectivity index (χ0) is 13.5. The Kier molecular flexibility index (Phi) is 6.69. The SMILES string of the molecule is CC1CCC(C(C)C)C(CCCNCC(=O)O)C1. The van der Waals surface area contributed by atoms with Crippen molar-refractivity contribution in [1.82, 2.24) is 5.32 Å². The average Bonchev–Trinajstić information content (AvgIpc) is 2.27. The highest BCUT2D eigenvalue weighted by atomic mass is 16.4. The van der Waals surface area contributed by atoms with Crippen molar-refractivity contribution >= 4 is 5.97 Å². The molecule has 1 aliphatic carbocycles. The Labute approximate surface area is 111 Å². The maximum absolute atomic E-state index is 10.4. The molecule has 0 aromatic rings. The van der Waals surface area contributed by atoms with Gasteiger partial charge in [0.2, 0.25) is 0 Å². The molecule has 3 nitrogen and oxygen atoms in total. The Morgan fingerprint density at radius 3 is 2.72 bits per heavy atom. The fourth-order valence-electron chi connectivity index (χ4n) is 3.42. The van der Waals surface area contributed by atoms with Gasteiger partial charge in [-0.15, -0.1) is 0 Å². The van der Waals surface area contributed by atoms with Gasteiger partial charge in [-0.2, -0.15) is 0 Å². The fourth-order valence-corrected chi connectivity index (χ4v) is 3.42. The molecule has 0 amide bonds. The number of rotatable bonds is 7. The molecule has 0 bridgehead atoms. The second kappa shape index (κ2) is 7.78. The van der Waals surface area contributed by atoms with Crippen LogP contribution in [-0.4, -0.2) is 24.2 Å². The molecule has 0 aromatic heterocycles. The molecule has 0 heterocycles. The predicted octanol–water partition coefficient (Wildman–Crippen LogP) is 3.15. The third-order valence-corrected chi connectivity index (χ3v) is 4.36. The number of carbonyl (C=O) groups is 1. The molecule has 0 spiro atoms. The molecule has 0 aromatic carbocycles. The zero-order valence-corrected chi connectivity index (χ0v) is 12.1. The molecule has 3 atom stereocenters. The molecule has 0 radical (unpaired) electrons. The molecule has 1 fully saturated rings. The number of carboxylic acid groups (broad SMARTS) is 1. The zero-order valence-electron chi connectivity index (χ0n) is 12.1. The summed E-state index contributed by atoms with van der Waals surface area (Å²) in [5.41, 5.74) is 0. The topological polar surface area (TPSA) is 49.3 Å². The Balaban J connectivity index is 2.26. The lowest BCUT2D eigenvalue weighted by atomic mass is 9.68. The van der Waals surface area contributed by atoms with Crippen LogP contribution in [0.5, 0.6) is 0 Å². The smallest absolute Gasteiger partial charge is 0.317 e. The van der Waals surface area contributed by atoms with E-state index in [4.69, 9.17) is 5.11 Å². The van der Waals surface area contributed by atoms with Crippen LogP contribution in [0.3, 0.4) is 0 Å². The van der Waals surface area contributed by atoms with Crippen molar-refractivity contribution in [2.45, 2.75) is 52.9 Å². The lowest BCUT2D eigenvalue weighted by molar-refractivity contribution is -0.135. The molecule has 0 saturated heterocycles. The van der Waals surface area contributed by atoms with E-state index >= 15 is 0 Å². The van der Waals surface area contributed by atoms with E-state index in [0.717, 1.165) is 36.6 Å². The minimum atomic E-state index is -0.763. The molecule has 1 aliphatic rings. The van der Waals surface area contributed by atoms with Gasteiger partial charge in [-0.25, -0.2) is 0 Å². The molecular formula is C15H29NO2. The monoisotopic (exact) mass is 255 g/mol. The van der Waals surface area contributed by atoms with E-state index in [-0.39, 0.29) is 6.54 Å². The van der Waals surface area contributed by atoms with Crippen molar-refractivity contribution in [3.05, 3.63) is 0 Å². The lowest BCUT2D eigenvalue weighted by Gasteiger charge is -2.37. The van der Waals surface area contributed by atoms with Gasteiger partial charge in [0, 0.05) is 0 Å². The van der Waals surface area contributed by atoms with Crippen molar-refractivity contribution in [2.75, 3.05) is 13.1 Å². The second-order valence-corrected chi connectivity index (χ2v) is 6.30. The first-order valence-electron chi connectivity index (χ1n) is 7.43. The summed E-state index contributed by atoms with van der Waals surface area (Å²) in [5.74, 6) is 2.62. The van der Waals surface area contributed by atoms with Crippen LogP contribution in [0.2, 0.25) is 0 Å². The number of nitrogens with one attached hydrogen (secondary N) is 1. The Hall–Kier alpha value is -0.570. The van der Waals surface area contributed by atoms with Crippen molar-refractivity contribution in [2.24, 2.45) is 23.7 Å². The summed E-state index contributed by atoms with van der Waals surface area (Å²) < 4.78 is 0. The first-order valence-corrected chi connectivity index (χ1v) is 7.43. The van der Waals surface area contributed by atoms with Crippen LogP contribution >= 0.6 is 0 Å². The van der Waals surface area contributed by atoms with E-state index < -0.39 is 5.97 Å². The highest BCUT2D eigenvalue weighted by molar-refractivity contribution is 5.68. The van der Waals surface area contributed by atoms with Crippen LogP contribution < -0.4 is 5.32 Å². The van der Waals surface area contributed by atoms with Crippen LogP contribution in [0, 0.1) is 23.7 Å². The summed E-state index contributed by atoms with van der Waals surface area (Å²) in [7, 11) is 0. The normalized spacial score (nSPS) is 28.6. The quantitative estimate of drug-likeness (QED) is 0.687. The molecule has 3 unspecified atom stereocenters. The van der Waals surface area contributed by atoms with Gasteiger partial charge in [0.15, 0.2) is 0 Å². The summed E-state index contributed by atoms with van der Waals surface area (Å²) in [4.78, 5) is 10.4. The Morgan fingerprint density at radius 2 is 2.11 bits per heavy atom. The molecule has 0 aliphatic heterocycles. The third-order valence-electron chi connectivity index (χ3n) is 4.36. The van der Waals surface area contributed by atoms with Crippen molar-refractivity contribution in [3.8, 4) is 0 Å². The molecule has 18 heavy (non-hydrogen) atoms. The van der Waals surface area contributed by atoms with E-state index in [1.807, 2.05) is 0 Å². The highest BCUT2D eigenvalue weighted by Gasteiger charge is 2.29. The number of aliphatic carboxylic acids is 1. The largest absolute Gasteiger partial charge is 0.480 e. The molecule has 3 heteroatoms. The third kappa shape index (κ3) is 5.38. The van der Waals surface area contributed by atoms with Crippen molar-refractivity contribution in [3.63, 3.8) is 0 Å². The fraction of sp³-hybridized carbons (Fsp3) is 0.933. The summed E-state index contributed by atoms with van der Waals surface area (Å²) in [6.45, 7) is 7.98. The van der Waals surface area contributed by atoms with E-state index in [9.17, 15) is 4.79 Å².